The summed E-state index contributed by atoms with van der Waals surface area (Å²) in [6.07, 6.45) is -3.47. The van der Waals surface area contributed by atoms with Crippen LogP contribution in [0.3, 0.4) is 0 Å². The number of aliphatic hydroxyl groups is 4. The topological polar surface area (TPSA) is 475 Å². The summed E-state index contributed by atoms with van der Waals surface area (Å²) in [6.45, 7) is 49.7. The Morgan fingerprint density at radius 1 is 0.630 bits per heavy atom. The van der Waals surface area contributed by atoms with E-state index in [-0.39, 0.29) is 81.7 Å². The number of amides is 1. The third-order valence-corrected chi connectivity index (χ3v) is 25.2. The summed E-state index contributed by atoms with van der Waals surface area (Å²) in [6, 6.07) is 21.1. The van der Waals surface area contributed by atoms with Gasteiger partial charge >= 0.3 is 51.9 Å². The number of aryl methyl sites for hydroxylation is 1. The Labute approximate surface area is 811 Å². The van der Waals surface area contributed by atoms with E-state index in [1.807, 2.05) is 79.4 Å². The van der Waals surface area contributed by atoms with Gasteiger partial charge in [-0.1, -0.05) is 82.6 Å². The van der Waals surface area contributed by atoms with E-state index in [0.29, 0.717) is 60.3 Å². The lowest BCUT2D eigenvalue weighted by Crippen LogP contribution is -2.54. The monoisotopic (exact) mass is 2020 g/mol. The van der Waals surface area contributed by atoms with Gasteiger partial charge in [0.05, 0.1) is 70.6 Å². The van der Waals surface area contributed by atoms with Crippen LogP contribution < -0.4 is 15.4 Å². The van der Waals surface area contributed by atoms with Crippen molar-refractivity contribution in [3.63, 3.8) is 0 Å². The minimum Gasteiger partial charge on any atom is -0.518 e. The van der Waals surface area contributed by atoms with E-state index in [1.165, 1.54) is 39.2 Å². The van der Waals surface area contributed by atoms with Crippen LogP contribution in [-0.4, -0.2) is 287 Å². The van der Waals surface area contributed by atoms with Crippen molar-refractivity contribution in [2.24, 2.45) is 11.8 Å². The van der Waals surface area contributed by atoms with Crippen LogP contribution in [0.15, 0.2) is 102 Å². The van der Waals surface area contributed by atoms with Gasteiger partial charge in [-0.2, -0.15) is 18.4 Å². The van der Waals surface area contributed by atoms with Gasteiger partial charge in [-0.25, -0.2) is 55.3 Å². The number of cyclic esters (lactones) is 1. The summed E-state index contributed by atoms with van der Waals surface area (Å²) < 4.78 is 172. The third kappa shape index (κ3) is 33.4. The normalized spacial score (nSPS) is 31.3. The number of rotatable bonds is 23. The van der Waals surface area contributed by atoms with Crippen molar-refractivity contribution in [1.82, 2.24) is 19.5 Å². The second-order valence-electron chi connectivity index (χ2n) is 37.9. The first-order chi connectivity index (χ1) is 63.7. The first-order valence-corrected chi connectivity index (χ1v) is 51.0. The van der Waals surface area contributed by atoms with Crippen LogP contribution in [0, 0.1) is 18.8 Å². The highest BCUT2D eigenvalue weighted by molar-refractivity contribution is 7.82. The Morgan fingerprint density at radius 3 is 1.56 bits per heavy atom. The van der Waals surface area contributed by atoms with E-state index in [9.17, 15) is 75.6 Å². The second kappa shape index (κ2) is 49.5. The van der Waals surface area contributed by atoms with Crippen molar-refractivity contribution in [3.05, 3.63) is 124 Å². The van der Waals surface area contributed by atoms with Gasteiger partial charge in [-0.05, 0) is 220 Å². The number of benzene rings is 2. The highest BCUT2D eigenvalue weighted by Gasteiger charge is 2.63. The fourth-order valence-corrected chi connectivity index (χ4v) is 16.9. The minimum atomic E-state index is -4.28. The molecule has 0 radical (unpaired) electrons. The van der Waals surface area contributed by atoms with Crippen molar-refractivity contribution in [2.75, 3.05) is 58.2 Å². The molecule has 780 valence electrons. The van der Waals surface area contributed by atoms with Crippen LogP contribution >= 0.6 is 11.6 Å². The number of anilines is 1. The summed E-state index contributed by atoms with van der Waals surface area (Å²) in [7, 11) is -6.04. The number of nitrogens with zero attached hydrogens (tertiary/aromatic N) is 4. The molecule has 13 rings (SSSR count). The third-order valence-electron chi connectivity index (χ3n) is 22.9. The molecule has 9 fully saturated rings. The van der Waals surface area contributed by atoms with Gasteiger partial charge in [0.2, 0.25) is 19.6 Å². The van der Waals surface area contributed by atoms with Crippen molar-refractivity contribution in [2.45, 2.75) is 360 Å². The lowest BCUT2D eigenvalue weighted by Gasteiger charge is -2.30. The highest BCUT2D eigenvalue weighted by atomic mass is 35.5. The molecule has 2 aromatic carbocycles. The predicted octanol–water partition coefficient (Wildman–Crippen LogP) is 11.8. The van der Waals surface area contributed by atoms with Gasteiger partial charge in [0.25, 0.3) is 5.91 Å². The van der Waals surface area contributed by atoms with E-state index in [2.05, 4.69) is 20.3 Å². The Bertz CT molecular complexity index is 4810. The van der Waals surface area contributed by atoms with E-state index in [1.54, 1.807) is 170 Å². The summed E-state index contributed by atoms with van der Waals surface area (Å²) in [5, 5.41) is 42.8. The number of aromatic nitrogens is 4. The van der Waals surface area contributed by atoms with Crippen LogP contribution in [0.4, 0.5) is 19.0 Å². The van der Waals surface area contributed by atoms with Gasteiger partial charge in [-0.3, -0.25) is 9.36 Å². The lowest BCUT2D eigenvalue weighted by atomic mass is 9.88. The zero-order valence-electron chi connectivity index (χ0n) is 84.1. The maximum Gasteiger partial charge on any atom is 0.401 e. The van der Waals surface area contributed by atoms with E-state index in [4.69, 9.17) is 105 Å². The molecule has 138 heavy (non-hydrogen) atoms. The molecule has 0 aliphatic carbocycles. The Kier molecular flexibility index (Phi) is 42.7. The minimum absolute atomic E-state index is 0.0888. The van der Waals surface area contributed by atoms with Crippen molar-refractivity contribution in [3.8, 4) is 6.01 Å². The maximum absolute atomic E-state index is 14.8. The van der Waals surface area contributed by atoms with Crippen molar-refractivity contribution < 1.29 is 164 Å². The van der Waals surface area contributed by atoms with Crippen LogP contribution in [-0.2, 0) is 118 Å². The zero-order valence-corrected chi connectivity index (χ0v) is 86.7. The van der Waals surface area contributed by atoms with Crippen LogP contribution in [0.5, 0.6) is 6.01 Å². The van der Waals surface area contributed by atoms with Crippen molar-refractivity contribution >= 4 is 71.9 Å². The molecule has 9 aliphatic heterocycles. The average molecular weight is 2020 g/mol. The van der Waals surface area contributed by atoms with Gasteiger partial charge in [0.1, 0.15) is 66.9 Å². The number of hydrogen-bond acceptors (Lipinski definition) is 36. The smallest absolute Gasteiger partial charge is 0.401 e. The van der Waals surface area contributed by atoms with Gasteiger partial charge in [0, 0.05) is 41.1 Å². The number of halogens is 4. The van der Waals surface area contributed by atoms with Crippen LogP contribution in [0.1, 0.15) is 218 Å². The number of esters is 5. The first kappa shape index (κ1) is 119. The highest BCUT2D eigenvalue weighted by Crippen LogP contribution is 2.47. The quantitative estimate of drug-likeness (QED) is 0.0151. The molecule has 38 nitrogen and oxygen atoms in total. The summed E-state index contributed by atoms with van der Waals surface area (Å²) in [5.74, 6) is -7.33. The second-order valence-corrected chi connectivity index (χ2v) is 43.9. The molecule has 11 heterocycles. The van der Waals surface area contributed by atoms with E-state index in [0.717, 1.165) is 6.42 Å². The molecular formula is C94H143ClF3N5O33SSi. The number of hydrogen-bond donors (Lipinski definition) is 5. The average Bonchev–Trinajstić information content (AvgIpc) is 1.60. The van der Waals surface area contributed by atoms with Crippen molar-refractivity contribution in [1.29, 1.82) is 0 Å². The summed E-state index contributed by atoms with van der Waals surface area (Å²) in [5.41, 5.74) is -8.47. The molecule has 0 saturated carbocycles. The zero-order chi connectivity index (χ0) is 104. The first-order valence-electron chi connectivity index (χ1n) is 45.8. The number of carbonyl (C=O) groups excluding carboxylic acids is 6. The molecule has 0 spiro atoms. The lowest BCUT2D eigenvalue weighted by molar-refractivity contribution is -0.195. The molecule has 44 heteroatoms. The molecule has 1 amide bonds. The number of aliphatic hydroxyl groups excluding tert-OH is 3. The van der Waals surface area contributed by atoms with E-state index >= 15 is 0 Å². The molecule has 9 saturated heterocycles. The molecule has 0 bridgehead atoms. The number of alkyl halides is 4. The molecule has 2 aromatic heterocycles. The summed E-state index contributed by atoms with van der Waals surface area (Å²) in [4.78, 5) is 93.5. The summed E-state index contributed by atoms with van der Waals surface area (Å²) >= 11 is 5.81. The maximum atomic E-state index is 14.8. The molecule has 9 aliphatic rings. The molecule has 22 atom stereocenters. The fraction of sp³-hybridized carbons (Fsp3) is 0.702. The number of carbonyl (C=O) groups is 6. The number of nitrogens with one attached hydrogen (secondary N) is 1. The van der Waals surface area contributed by atoms with Gasteiger partial charge in [-0.15, -0.1) is 0 Å². The Hall–Kier alpha value is -7.71. The van der Waals surface area contributed by atoms with E-state index < -0.39 is 178 Å². The van der Waals surface area contributed by atoms with Crippen LogP contribution in [0.25, 0.3) is 0 Å². The SMILES string of the molecule is CC1(C)OC[C@H]([C@@H](O)[C@H](O)[C@H]2COC(C)(C)O2)O1.CCOC(=O)/C(C)=C/[C@H]1COC(C)(C)O1.CCOC(=O)[C@@](C)(O)[C@H](O)[C@H]1COC(C)(C)O1.CCOC(=O)[C@@]1(C)OS(=O)(=O)O[C@@H]1[C@H]1COC(C)(C)O1.CC[C@H]1OC(=O)[C@](C)(F)[C@@H]1C.CC[C@H]1OC(Cl)[C@](C)(F)[C@@H]1OC(=O)c1ccccc1.CC[C@H]1O[C@@H](n2ccc(C)nc2=O)[C@](C)(F)[C@@H]1C.C[Si](C)(C)Oc1nccc(NC(=O)c2ccccc2)n1. The standard InChI is InChI=1S/C14H16ClFO3.C14H17N3O2Si.C13H19FN2O2.C12H22O6.C11H18O8S.C11H20O6.C11H18O4.C8H13FO2/c1-3-10-11(14(2,16)13(15)18-10)19-12(17)9-7-5-4-6-8-9;1-20(2,3)19-14-15-10-9-12(17-14)16-13(18)11-7-5-4-6-8-11;1-5-10-9(3)13(4,14)11(18-10)16-7-6-8(2)15-12(16)17;1-11(2)15-5-7(17-11)9(13)10(14)8-6-16-12(3,4)18-8;1-5-15-9(12)11(4)8(18-20(13,14)19-11)7-6-16-10(2,3)17-7;1-5-15-9(13)11(4,14)8(12)7-6-16-10(2,3)17-7;1-5-13-10(12)8(2)6-9-7-14-11(3,4)15-9;1-4-6-5(2)8(3,9)7(10)11-6/h4-8,10-11,13H,3H2,1-2H3;4-10H,1-3H3,(H,15,16,17,18);6-7,9-11H,5H2,1-4H3;7-10,13-14H,5-6H2,1-4H3;7-8H,5-6H2,1-4H3;7-8,12,14H,5-6H2,1-4H3;6,9H,5,7H2,1-4H3;5-6H,4H2,1-3H3/b;;;;;;8-6+;/t10-,11-,13?,14-;;9-,10-,11-,13-;7-,8-,9-,10-;2*7-,8-,11+;9-;5-,6-,8-/m1.111101/s1. The molecular weight excluding hydrogens is 1880 g/mol. The fourth-order valence-electron chi connectivity index (χ4n) is 14.8. The molecule has 4 aromatic rings. The molecule has 5 N–H and O–H groups in total. The number of ether oxygens (including phenoxy) is 17. The van der Waals surface area contributed by atoms with Gasteiger partial charge in [0.15, 0.2) is 63.8 Å². The predicted molar refractivity (Wildman–Crippen MR) is 495 cm³/mol. The van der Waals surface area contributed by atoms with Gasteiger partial charge < -0.3 is 111 Å². The molecule has 1 unspecified atom stereocenters. The van der Waals surface area contributed by atoms with Crippen LogP contribution in [0.2, 0.25) is 19.6 Å². The Morgan fingerprint density at radius 2 is 1.12 bits per heavy atom. The largest absolute Gasteiger partial charge is 0.518 e. The Balaban J connectivity index is 0.000000243.